The number of aromatic nitrogens is 1. The number of thiazole rings is 1. The molecule has 0 saturated heterocycles. The molecule has 17 heavy (non-hydrogen) atoms. The summed E-state index contributed by atoms with van der Waals surface area (Å²) in [5.41, 5.74) is 4.29. The van der Waals surface area contributed by atoms with Crippen LogP contribution < -0.4 is 11.1 Å². The van der Waals surface area contributed by atoms with Crippen molar-refractivity contribution in [3.8, 4) is 0 Å². The molecule has 1 aliphatic heterocycles. The molecule has 3 heteroatoms. The molecular formula is C14H16BNS. The smallest absolute Gasteiger partial charge is 0.232 e. The average molecular weight is 241 g/mol. The molecule has 0 spiro atoms. The van der Waals surface area contributed by atoms with Crippen molar-refractivity contribution in [1.29, 1.82) is 0 Å². The van der Waals surface area contributed by atoms with E-state index in [-0.39, 0.29) is 5.41 Å². The fourth-order valence-corrected chi connectivity index (χ4v) is 4.03. The van der Waals surface area contributed by atoms with Crippen LogP contribution in [0.4, 0.5) is 0 Å². The molecule has 0 bridgehead atoms. The maximum atomic E-state index is 4.75. The lowest BCUT2D eigenvalue weighted by molar-refractivity contribution is 0.659. The summed E-state index contributed by atoms with van der Waals surface area (Å²) in [7, 11) is 0. The van der Waals surface area contributed by atoms with Gasteiger partial charge in [-0.15, -0.1) is 11.3 Å². The predicted molar refractivity (Wildman–Crippen MR) is 76.3 cm³/mol. The highest BCUT2D eigenvalue weighted by molar-refractivity contribution is 7.13. The summed E-state index contributed by atoms with van der Waals surface area (Å²) in [4.78, 5) is 6.19. The molecule has 1 nitrogen and oxygen atoms in total. The number of benzene rings is 1. The molecule has 0 atom stereocenters. The maximum Gasteiger partial charge on any atom is 0.232 e. The first kappa shape index (κ1) is 11.0. The predicted octanol–water partition coefficient (Wildman–Crippen LogP) is 2.33. The van der Waals surface area contributed by atoms with Crippen LogP contribution in [0.3, 0.4) is 0 Å². The fraction of sp³-hybridized carbons (Fsp3) is 0.357. The third-order valence-electron chi connectivity index (χ3n) is 3.84. The number of aryl methyl sites for hydroxylation is 1. The van der Waals surface area contributed by atoms with Crippen LogP contribution in [0.5, 0.6) is 0 Å². The van der Waals surface area contributed by atoms with Crippen molar-refractivity contribution in [2.24, 2.45) is 0 Å². The van der Waals surface area contributed by atoms with E-state index in [0.29, 0.717) is 6.71 Å². The van der Waals surface area contributed by atoms with Crippen molar-refractivity contribution in [1.82, 2.24) is 4.98 Å². The molecule has 2 aromatic rings. The lowest BCUT2D eigenvalue weighted by Gasteiger charge is -2.34. The van der Waals surface area contributed by atoms with E-state index in [1.54, 1.807) is 0 Å². The standard InChI is InChI=1S/C14H16BNS/c1-9-16-13-12(17-9)14(2,3)10-7-5-6-8-11(10)15(13)4/h5-8H,1-4H3. The Morgan fingerprint density at radius 2 is 1.94 bits per heavy atom. The van der Waals surface area contributed by atoms with Gasteiger partial charge >= 0.3 is 0 Å². The molecule has 0 aliphatic carbocycles. The highest BCUT2D eigenvalue weighted by Crippen LogP contribution is 2.35. The molecule has 0 fully saturated rings. The maximum absolute atomic E-state index is 4.75. The largest absolute Gasteiger partial charge is 0.256 e. The van der Waals surface area contributed by atoms with Gasteiger partial charge in [0.15, 0.2) is 0 Å². The lowest BCUT2D eigenvalue weighted by atomic mass is 9.39. The van der Waals surface area contributed by atoms with Gasteiger partial charge in [0.25, 0.3) is 0 Å². The zero-order chi connectivity index (χ0) is 12.2. The zero-order valence-electron chi connectivity index (χ0n) is 10.7. The zero-order valence-corrected chi connectivity index (χ0v) is 11.6. The number of rotatable bonds is 0. The summed E-state index contributed by atoms with van der Waals surface area (Å²) in [5.74, 6) is 0. The van der Waals surface area contributed by atoms with Crippen LogP contribution >= 0.6 is 11.3 Å². The first-order valence-electron chi connectivity index (χ1n) is 6.09. The average Bonchev–Trinajstić information content (AvgIpc) is 2.70. The van der Waals surface area contributed by atoms with Crippen molar-refractivity contribution >= 4 is 29.1 Å². The van der Waals surface area contributed by atoms with Crippen molar-refractivity contribution in [2.45, 2.75) is 33.0 Å². The summed E-state index contributed by atoms with van der Waals surface area (Å²) >= 11 is 1.85. The molecule has 1 aliphatic rings. The Morgan fingerprint density at radius 3 is 2.71 bits per heavy atom. The van der Waals surface area contributed by atoms with E-state index < -0.39 is 0 Å². The Hall–Kier alpha value is -1.09. The Labute approximate surface area is 107 Å². The van der Waals surface area contributed by atoms with Gasteiger partial charge in [-0.1, -0.05) is 50.4 Å². The van der Waals surface area contributed by atoms with E-state index in [0.717, 1.165) is 0 Å². The lowest BCUT2D eigenvalue weighted by Crippen LogP contribution is -2.52. The minimum Gasteiger partial charge on any atom is -0.256 e. The second kappa shape index (κ2) is 3.45. The minimum atomic E-state index is 0.102. The van der Waals surface area contributed by atoms with Crippen LogP contribution in [0.1, 0.15) is 29.3 Å². The Balaban J connectivity index is 2.33. The van der Waals surface area contributed by atoms with Gasteiger partial charge in [-0.05, 0) is 12.5 Å². The molecule has 2 heterocycles. The van der Waals surface area contributed by atoms with E-state index in [1.165, 1.54) is 26.5 Å². The molecule has 0 radical (unpaired) electrons. The van der Waals surface area contributed by atoms with E-state index in [2.05, 4.69) is 51.9 Å². The molecule has 0 saturated carbocycles. The second-order valence-electron chi connectivity index (χ2n) is 5.38. The number of nitrogens with zero attached hydrogens (tertiary/aromatic N) is 1. The minimum absolute atomic E-state index is 0.102. The van der Waals surface area contributed by atoms with Crippen LogP contribution in [0, 0.1) is 6.92 Å². The summed E-state index contributed by atoms with van der Waals surface area (Å²) in [6, 6.07) is 8.80. The van der Waals surface area contributed by atoms with Gasteiger partial charge in [-0.3, -0.25) is 4.98 Å². The number of hydrogen-bond acceptors (Lipinski definition) is 2. The Kier molecular flexibility index (Phi) is 2.24. The first-order valence-corrected chi connectivity index (χ1v) is 6.90. The Morgan fingerprint density at radius 1 is 1.24 bits per heavy atom. The normalized spacial score (nSPS) is 16.6. The molecule has 0 unspecified atom stereocenters. The molecule has 1 aromatic heterocycles. The topological polar surface area (TPSA) is 12.9 Å². The molecule has 1 aromatic carbocycles. The monoisotopic (exact) mass is 241 g/mol. The summed E-state index contributed by atoms with van der Waals surface area (Å²) < 4.78 is 0. The third-order valence-corrected chi connectivity index (χ3v) is 5.15. The molecule has 0 N–H and O–H groups in total. The van der Waals surface area contributed by atoms with Gasteiger partial charge in [-0.2, -0.15) is 0 Å². The number of hydrogen-bond donors (Lipinski definition) is 0. The van der Waals surface area contributed by atoms with E-state index in [1.807, 2.05) is 11.3 Å². The molecule has 3 rings (SSSR count). The van der Waals surface area contributed by atoms with Gasteiger partial charge in [0.1, 0.15) is 0 Å². The van der Waals surface area contributed by atoms with Gasteiger partial charge < -0.3 is 0 Å². The van der Waals surface area contributed by atoms with Crippen molar-refractivity contribution in [3.63, 3.8) is 0 Å². The second-order valence-corrected chi connectivity index (χ2v) is 6.58. The highest BCUT2D eigenvalue weighted by atomic mass is 32.1. The molecular weight excluding hydrogens is 225 g/mol. The van der Waals surface area contributed by atoms with Crippen LogP contribution in [-0.4, -0.2) is 11.7 Å². The van der Waals surface area contributed by atoms with Crippen molar-refractivity contribution < 1.29 is 0 Å². The van der Waals surface area contributed by atoms with Gasteiger partial charge in [0.05, 0.1) is 5.01 Å². The highest BCUT2D eigenvalue weighted by Gasteiger charge is 2.39. The molecule has 86 valence electrons. The van der Waals surface area contributed by atoms with Crippen LogP contribution in [0.25, 0.3) is 0 Å². The third kappa shape index (κ3) is 1.42. The van der Waals surface area contributed by atoms with Crippen LogP contribution in [0.15, 0.2) is 24.3 Å². The Bertz CT molecular complexity index is 586. The number of fused-ring (bicyclic) bond motifs is 2. The van der Waals surface area contributed by atoms with Gasteiger partial charge in [0, 0.05) is 15.9 Å². The summed E-state index contributed by atoms with van der Waals surface area (Å²) in [6.45, 7) is 9.43. The quantitative estimate of drug-likeness (QED) is 0.645. The van der Waals surface area contributed by atoms with Gasteiger partial charge in [0.2, 0.25) is 6.71 Å². The van der Waals surface area contributed by atoms with Crippen LogP contribution in [-0.2, 0) is 5.41 Å². The summed E-state index contributed by atoms with van der Waals surface area (Å²) in [5, 5.41) is 1.18. The van der Waals surface area contributed by atoms with Crippen molar-refractivity contribution in [2.75, 3.05) is 0 Å². The molecule has 0 amide bonds. The van der Waals surface area contributed by atoms with E-state index in [4.69, 9.17) is 4.98 Å². The van der Waals surface area contributed by atoms with Gasteiger partial charge in [-0.25, -0.2) is 0 Å². The van der Waals surface area contributed by atoms with Crippen molar-refractivity contribution in [3.05, 3.63) is 39.7 Å². The van der Waals surface area contributed by atoms with Crippen LogP contribution in [0.2, 0.25) is 6.82 Å². The SMILES string of the molecule is CB1c2ccccc2C(C)(C)c2sc(C)nc21. The fourth-order valence-electron chi connectivity index (χ4n) is 2.90. The van der Waals surface area contributed by atoms with E-state index >= 15 is 0 Å². The van der Waals surface area contributed by atoms with E-state index in [9.17, 15) is 0 Å². The summed E-state index contributed by atoms with van der Waals surface area (Å²) in [6.07, 6.45) is 0. The first-order chi connectivity index (χ1) is 8.01.